The van der Waals surface area contributed by atoms with Gasteiger partial charge in [-0.3, -0.25) is 9.59 Å². The fourth-order valence-electron chi connectivity index (χ4n) is 3.30. The molecular weight excluding hydrogens is 384 g/mol. The van der Waals surface area contributed by atoms with E-state index in [0.29, 0.717) is 12.3 Å². The number of anilines is 2. The molecule has 2 aromatic carbocycles. The SMILES string of the molecule is CCCCOc1ccc(N2C[C@@H](C(=O)Nc3ccccc3C(=O)OC)CC2=O)cc1. The van der Waals surface area contributed by atoms with Crippen molar-refractivity contribution in [2.24, 2.45) is 5.92 Å². The summed E-state index contributed by atoms with van der Waals surface area (Å²) in [6, 6.07) is 13.9. The van der Waals surface area contributed by atoms with Crippen molar-refractivity contribution in [1.82, 2.24) is 0 Å². The summed E-state index contributed by atoms with van der Waals surface area (Å²) in [4.78, 5) is 38.7. The average Bonchev–Trinajstić information content (AvgIpc) is 3.16. The van der Waals surface area contributed by atoms with Gasteiger partial charge in [0.05, 0.1) is 30.9 Å². The van der Waals surface area contributed by atoms with Crippen LogP contribution in [0.4, 0.5) is 11.4 Å². The molecule has 1 saturated heterocycles. The highest BCUT2D eigenvalue weighted by molar-refractivity contribution is 6.06. The largest absolute Gasteiger partial charge is 0.494 e. The number of amides is 2. The van der Waals surface area contributed by atoms with Crippen molar-refractivity contribution < 1.29 is 23.9 Å². The molecule has 1 atom stereocenters. The van der Waals surface area contributed by atoms with Crippen molar-refractivity contribution in [3.05, 3.63) is 54.1 Å². The molecule has 1 fully saturated rings. The Balaban J connectivity index is 1.64. The Bertz CT molecular complexity index is 910. The minimum atomic E-state index is -0.531. The number of unbranched alkanes of at least 4 members (excludes halogenated alkanes) is 1. The maximum Gasteiger partial charge on any atom is 0.339 e. The number of carbonyl (C=O) groups excluding carboxylic acids is 3. The van der Waals surface area contributed by atoms with Crippen molar-refractivity contribution >= 4 is 29.2 Å². The Labute approximate surface area is 176 Å². The quantitative estimate of drug-likeness (QED) is 0.530. The number of benzene rings is 2. The number of hydrogen-bond donors (Lipinski definition) is 1. The number of nitrogens with zero attached hydrogens (tertiary/aromatic N) is 1. The van der Waals surface area contributed by atoms with E-state index in [1.165, 1.54) is 7.11 Å². The Morgan fingerprint density at radius 3 is 2.57 bits per heavy atom. The van der Waals surface area contributed by atoms with Crippen LogP contribution in [0.15, 0.2) is 48.5 Å². The molecule has 1 heterocycles. The van der Waals surface area contributed by atoms with Gasteiger partial charge >= 0.3 is 5.97 Å². The molecule has 0 bridgehead atoms. The number of carbonyl (C=O) groups is 3. The number of ether oxygens (including phenoxy) is 2. The van der Waals surface area contributed by atoms with Gasteiger partial charge in [0.15, 0.2) is 0 Å². The molecule has 0 unspecified atom stereocenters. The van der Waals surface area contributed by atoms with Crippen molar-refractivity contribution in [3.63, 3.8) is 0 Å². The van der Waals surface area contributed by atoms with Gasteiger partial charge in [0.25, 0.3) is 0 Å². The van der Waals surface area contributed by atoms with Crippen LogP contribution in [0.5, 0.6) is 5.75 Å². The maximum atomic E-state index is 12.7. The van der Waals surface area contributed by atoms with Crippen LogP contribution >= 0.6 is 0 Å². The summed E-state index contributed by atoms with van der Waals surface area (Å²) < 4.78 is 10.4. The third-order valence-electron chi connectivity index (χ3n) is 5.00. The van der Waals surface area contributed by atoms with Gasteiger partial charge in [-0.2, -0.15) is 0 Å². The van der Waals surface area contributed by atoms with E-state index < -0.39 is 11.9 Å². The third-order valence-corrected chi connectivity index (χ3v) is 5.00. The van der Waals surface area contributed by atoms with Crippen LogP contribution in [-0.2, 0) is 14.3 Å². The molecule has 1 N–H and O–H groups in total. The maximum absolute atomic E-state index is 12.7. The Hall–Kier alpha value is -3.35. The lowest BCUT2D eigenvalue weighted by Gasteiger charge is -2.17. The topological polar surface area (TPSA) is 84.9 Å². The molecule has 3 rings (SSSR count). The first-order valence-corrected chi connectivity index (χ1v) is 10.0. The zero-order valence-corrected chi connectivity index (χ0v) is 17.2. The summed E-state index contributed by atoms with van der Waals surface area (Å²) in [6.45, 7) is 3.04. The molecule has 0 saturated carbocycles. The van der Waals surface area contributed by atoms with E-state index in [1.807, 2.05) is 24.3 Å². The number of rotatable bonds is 8. The fraction of sp³-hybridized carbons (Fsp3) is 0.348. The van der Waals surface area contributed by atoms with E-state index in [-0.39, 0.29) is 30.3 Å². The Kier molecular flexibility index (Phi) is 7.06. The molecule has 0 aromatic heterocycles. The minimum absolute atomic E-state index is 0.112. The van der Waals surface area contributed by atoms with Gasteiger partial charge in [0.2, 0.25) is 11.8 Å². The van der Waals surface area contributed by atoms with Gasteiger partial charge in [0.1, 0.15) is 5.75 Å². The van der Waals surface area contributed by atoms with Crippen molar-refractivity contribution in [2.45, 2.75) is 26.2 Å². The molecule has 0 radical (unpaired) electrons. The summed E-state index contributed by atoms with van der Waals surface area (Å²) in [5.74, 6) is -0.703. The van der Waals surface area contributed by atoms with Gasteiger partial charge in [-0.25, -0.2) is 4.79 Å². The zero-order chi connectivity index (χ0) is 21.5. The molecule has 2 aromatic rings. The lowest BCUT2D eigenvalue weighted by atomic mass is 10.1. The molecule has 0 aliphatic carbocycles. The van der Waals surface area contributed by atoms with Crippen molar-refractivity contribution in [1.29, 1.82) is 0 Å². The molecule has 2 amide bonds. The van der Waals surface area contributed by atoms with Crippen LogP contribution in [0.2, 0.25) is 0 Å². The minimum Gasteiger partial charge on any atom is -0.494 e. The van der Waals surface area contributed by atoms with Crippen LogP contribution in [-0.4, -0.2) is 38.0 Å². The summed E-state index contributed by atoms with van der Waals surface area (Å²) in [6.07, 6.45) is 2.16. The lowest BCUT2D eigenvalue weighted by molar-refractivity contribution is -0.122. The van der Waals surface area contributed by atoms with E-state index in [2.05, 4.69) is 12.2 Å². The van der Waals surface area contributed by atoms with E-state index in [4.69, 9.17) is 9.47 Å². The second-order valence-corrected chi connectivity index (χ2v) is 7.13. The van der Waals surface area contributed by atoms with E-state index in [1.54, 1.807) is 29.2 Å². The van der Waals surface area contributed by atoms with Crippen LogP contribution in [0.1, 0.15) is 36.5 Å². The Morgan fingerprint density at radius 2 is 1.87 bits per heavy atom. The van der Waals surface area contributed by atoms with Crippen LogP contribution in [0.25, 0.3) is 0 Å². The molecule has 158 valence electrons. The van der Waals surface area contributed by atoms with Gasteiger partial charge in [-0.15, -0.1) is 0 Å². The fourth-order valence-corrected chi connectivity index (χ4v) is 3.30. The van der Waals surface area contributed by atoms with E-state index in [0.717, 1.165) is 24.3 Å². The second kappa shape index (κ2) is 9.91. The van der Waals surface area contributed by atoms with E-state index >= 15 is 0 Å². The predicted octanol–water partition coefficient (Wildman–Crippen LogP) is 3.64. The highest BCUT2D eigenvalue weighted by Gasteiger charge is 2.35. The van der Waals surface area contributed by atoms with Crippen molar-refractivity contribution in [3.8, 4) is 5.75 Å². The molecule has 7 heteroatoms. The van der Waals surface area contributed by atoms with E-state index in [9.17, 15) is 14.4 Å². The lowest BCUT2D eigenvalue weighted by Crippen LogP contribution is -2.28. The summed E-state index contributed by atoms with van der Waals surface area (Å²) >= 11 is 0. The van der Waals surface area contributed by atoms with Crippen LogP contribution < -0.4 is 15.0 Å². The molecule has 30 heavy (non-hydrogen) atoms. The van der Waals surface area contributed by atoms with Gasteiger partial charge < -0.3 is 19.7 Å². The second-order valence-electron chi connectivity index (χ2n) is 7.13. The number of para-hydroxylation sites is 1. The molecule has 0 spiro atoms. The monoisotopic (exact) mass is 410 g/mol. The summed E-state index contributed by atoms with van der Waals surface area (Å²) in [7, 11) is 1.29. The molecular formula is C23H26N2O5. The summed E-state index contributed by atoms with van der Waals surface area (Å²) in [5.41, 5.74) is 1.37. The normalized spacial score (nSPS) is 15.7. The van der Waals surface area contributed by atoms with Gasteiger partial charge in [-0.1, -0.05) is 25.5 Å². The third kappa shape index (κ3) is 4.97. The first-order valence-electron chi connectivity index (χ1n) is 10.0. The highest BCUT2D eigenvalue weighted by atomic mass is 16.5. The first kappa shape index (κ1) is 21.4. The number of hydrogen-bond acceptors (Lipinski definition) is 5. The first-order chi connectivity index (χ1) is 14.5. The molecule has 7 nitrogen and oxygen atoms in total. The Morgan fingerprint density at radius 1 is 1.13 bits per heavy atom. The van der Waals surface area contributed by atoms with Gasteiger partial charge in [0, 0.05) is 18.7 Å². The van der Waals surface area contributed by atoms with Crippen LogP contribution in [0, 0.1) is 5.92 Å². The zero-order valence-electron chi connectivity index (χ0n) is 17.2. The summed E-state index contributed by atoms with van der Waals surface area (Å²) in [5, 5.41) is 2.76. The smallest absolute Gasteiger partial charge is 0.339 e. The van der Waals surface area contributed by atoms with Crippen molar-refractivity contribution in [2.75, 3.05) is 30.5 Å². The number of esters is 1. The molecule has 1 aliphatic heterocycles. The number of nitrogens with one attached hydrogen (secondary N) is 1. The molecule has 1 aliphatic rings. The van der Waals surface area contributed by atoms with Gasteiger partial charge in [-0.05, 0) is 42.8 Å². The average molecular weight is 410 g/mol. The highest BCUT2D eigenvalue weighted by Crippen LogP contribution is 2.28. The van der Waals surface area contributed by atoms with Crippen LogP contribution in [0.3, 0.4) is 0 Å². The number of methoxy groups -OCH3 is 1. The predicted molar refractivity (Wildman–Crippen MR) is 114 cm³/mol. The standard InChI is InChI=1S/C23H26N2O5/c1-3-4-13-30-18-11-9-17(10-12-18)25-15-16(14-21(25)26)22(27)24-20-8-6-5-7-19(20)23(28)29-2/h5-12,16H,3-4,13-15H2,1-2H3,(H,24,27)/t16-/m0/s1.